The van der Waals surface area contributed by atoms with Crippen molar-refractivity contribution in [2.45, 2.75) is 10.6 Å². The Morgan fingerprint density at radius 1 is 1.33 bits per heavy atom. The van der Waals surface area contributed by atoms with Gasteiger partial charge in [-0.25, -0.2) is 13.6 Å². The minimum absolute atomic E-state index is 0.178. The highest BCUT2D eigenvalue weighted by molar-refractivity contribution is 7.98. The van der Waals surface area contributed by atoms with Crippen LogP contribution in [-0.4, -0.2) is 11.1 Å². The number of thiophene rings is 1. The van der Waals surface area contributed by atoms with Gasteiger partial charge in [0.1, 0.15) is 16.5 Å². The Kier molecular flexibility index (Phi) is 3.98. The van der Waals surface area contributed by atoms with Crippen molar-refractivity contribution in [2.75, 3.05) is 0 Å². The molecule has 0 saturated carbocycles. The number of aromatic carboxylic acids is 1. The van der Waals surface area contributed by atoms with E-state index < -0.39 is 17.6 Å². The number of rotatable bonds is 4. The van der Waals surface area contributed by atoms with Gasteiger partial charge in [-0.1, -0.05) is 0 Å². The third-order valence-corrected chi connectivity index (χ3v) is 4.24. The first kappa shape index (κ1) is 13.0. The lowest BCUT2D eigenvalue weighted by Gasteiger charge is -2.03. The second-order valence-corrected chi connectivity index (χ2v) is 5.38. The van der Waals surface area contributed by atoms with Gasteiger partial charge in [-0.05, 0) is 35.2 Å². The highest BCUT2D eigenvalue weighted by atomic mass is 32.2. The molecule has 1 aromatic heterocycles. The monoisotopic (exact) mass is 286 g/mol. The minimum Gasteiger partial charge on any atom is -0.477 e. The number of benzene rings is 1. The van der Waals surface area contributed by atoms with E-state index in [0.717, 1.165) is 41.3 Å². The van der Waals surface area contributed by atoms with E-state index in [1.54, 1.807) is 11.4 Å². The molecule has 0 saturated heterocycles. The van der Waals surface area contributed by atoms with Crippen molar-refractivity contribution >= 4 is 29.1 Å². The van der Waals surface area contributed by atoms with Crippen LogP contribution in [0.4, 0.5) is 8.78 Å². The van der Waals surface area contributed by atoms with Crippen LogP contribution in [0.5, 0.6) is 0 Å². The minimum atomic E-state index is -1.000. The van der Waals surface area contributed by atoms with Gasteiger partial charge >= 0.3 is 5.97 Å². The predicted octanol–water partition coefficient (Wildman–Crippen LogP) is 4.02. The second kappa shape index (κ2) is 5.49. The fraction of sp³-hybridized carbons (Fsp3) is 0.0833. The smallest absolute Gasteiger partial charge is 0.346 e. The normalized spacial score (nSPS) is 10.6. The van der Waals surface area contributed by atoms with Crippen LogP contribution in [0.2, 0.25) is 0 Å². The van der Waals surface area contributed by atoms with E-state index in [0.29, 0.717) is 11.3 Å². The zero-order valence-electron chi connectivity index (χ0n) is 9.02. The first-order valence-corrected chi connectivity index (χ1v) is 6.82. The Balaban J connectivity index is 2.14. The molecule has 0 radical (unpaired) electrons. The summed E-state index contributed by atoms with van der Waals surface area (Å²) in [5.74, 6) is -1.72. The van der Waals surface area contributed by atoms with Crippen molar-refractivity contribution < 1.29 is 18.7 Å². The maximum atomic E-state index is 13.4. The summed E-state index contributed by atoms with van der Waals surface area (Å²) in [7, 11) is 0. The van der Waals surface area contributed by atoms with E-state index in [-0.39, 0.29) is 9.77 Å². The third kappa shape index (κ3) is 2.88. The van der Waals surface area contributed by atoms with E-state index in [1.807, 2.05) is 0 Å². The fourth-order valence-electron chi connectivity index (χ4n) is 1.38. The topological polar surface area (TPSA) is 37.3 Å². The van der Waals surface area contributed by atoms with Gasteiger partial charge in [0.05, 0.1) is 0 Å². The van der Waals surface area contributed by atoms with Gasteiger partial charge in [-0.2, -0.15) is 0 Å². The second-order valence-electron chi connectivity index (χ2n) is 3.44. The summed E-state index contributed by atoms with van der Waals surface area (Å²) in [6.45, 7) is 0. The Labute approximate surface area is 110 Å². The number of carboxylic acids is 1. The number of halogens is 2. The first-order chi connectivity index (χ1) is 8.58. The Hall–Kier alpha value is -1.40. The molecule has 1 aromatic carbocycles. The van der Waals surface area contributed by atoms with Crippen LogP contribution in [0.1, 0.15) is 15.2 Å². The summed E-state index contributed by atoms with van der Waals surface area (Å²) in [6, 6.07) is 4.89. The lowest BCUT2D eigenvalue weighted by Crippen LogP contribution is -1.96. The highest BCUT2D eigenvalue weighted by Gasteiger charge is 2.13. The molecule has 2 aromatic rings. The van der Waals surface area contributed by atoms with Gasteiger partial charge in [-0.3, -0.25) is 0 Å². The van der Waals surface area contributed by atoms with Crippen molar-refractivity contribution in [2.24, 2.45) is 0 Å². The number of hydrogen-bond donors (Lipinski definition) is 1. The van der Waals surface area contributed by atoms with Crippen molar-refractivity contribution in [3.8, 4) is 0 Å². The Morgan fingerprint density at radius 3 is 2.83 bits per heavy atom. The van der Waals surface area contributed by atoms with E-state index in [2.05, 4.69) is 0 Å². The molecule has 0 atom stereocenters. The number of carbonyl (C=O) groups is 1. The van der Waals surface area contributed by atoms with Crippen molar-refractivity contribution in [1.29, 1.82) is 0 Å². The maximum absolute atomic E-state index is 13.4. The standard InChI is InChI=1S/C12H8F2O2S2/c13-8-1-2-9(14)10(5-8)18-6-7-3-4-17-11(7)12(15)16/h1-5H,6H2,(H,15,16). The lowest BCUT2D eigenvalue weighted by atomic mass is 10.3. The summed E-state index contributed by atoms with van der Waals surface area (Å²) in [5, 5.41) is 10.6. The van der Waals surface area contributed by atoms with E-state index in [1.165, 1.54) is 0 Å². The molecule has 0 spiro atoms. The van der Waals surface area contributed by atoms with Crippen LogP contribution in [0.3, 0.4) is 0 Å². The molecule has 94 valence electrons. The molecule has 6 heteroatoms. The summed E-state index contributed by atoms with van der Waals surface area (Å²) in [5.41, 5.74) is 0.612. The molecule has 0 aliphatic carbocycles. The van der Waals surface area contributed by atoms with Crippen molar-refractivity contribution in [1.82, 2.24) is 0 Å². The average molecular weight is 286 g/mol. The molecule has 1 heterocycles. The predicted molar refractivity (Wildman–Crippen MR) is 67.2 cm³/mol. The molecular weight excluding hydrogens is 278 g/mol. The first-order valence-electron chi connectivity index (χ1n) is 4.95. The summed E-state index contributed by atoms with van der Waals surface area (Å²) >= 11 is 2.20. The largest absolute Gasteiger partial charge is 0.477 e. The molecule has 0 bridgehead atoms. The van der Waals surface area contributed by atoms with Gasteiger partial charge < -0.3 is 5.11 Å². The molecule has 0 aliphatic heterocycles. The van der Waals surface area contributed by atoms with Crippen LogP contribution < -0.4 is 0 Å². The number of carboxylic acid groups (broad SMARTS) is 1. The molecule has 18 heavy (non-hydrogen) atoms. The van der Waals surface area contributed by atoms with E-state index >= 15 is 0 Å². The quantitative estimate of drug-likeness (QED) is 0.863. The summed E-state index contributed by atoms with van der Waals surface area (Å²) < 4.78 is 26.3. The van der Waals surface area contributed by atoms with Crippen LogP contribution in [0.25, 0.3) is 0 Å². The molecular formula is C12H8F2O2S2. The molecule has 0 amide bonds. The van der Waals surface area contributed by atoms with Crippen molar-refractivity contribution in [3.63, 3.8) is 0 Å². The van der Waals surface area contributed by atoms with Gasteiger partial charge in [0, 0.05) is 10.6 Å². The summed E-state index contributed by atoms with van der Waals surface area (Å²) in [4.78, 5) is 11.3. The van der Waals surface area contributed by atoms with E-state index in [4.69, 9.17) is 5.11 Å². The number of thioether (sulfide) groups is 1. The van der Waals surface area contributed by atoms with Gasteiger partial charge in [0.15, 0.2) is 0 Å². The lowest BCUT2D eigenvalue weighted by molar-refractivity contribution is 0.0701. The van der Waals surface area contributed by atoms with Crippen LogP contribution >= 0.6 is 23.1 Å². The zero-order chi connectivity index (χ0) is 13.1. The Bertz CT molecular complexity index is 581. The molecule has 0 unspecified atom stereocenters. The number of hydrogen-bond acceptors (Lipinski definition) is 3. The Morgan fingerprint density at radius 2 is 2.11 bits per heavy atom. The molecule has 0 aliphatic rings. The van der Waals surface area contributed by atoms with Crippen LogP contribution in [0, 0.1) is 11.6 Å². The SMILES string of the molecule is O=C(O)c1sccc1CSc1cc(F)ccc1F. The fourth-order valence-corrected chi connectivity index (χ4v) is 3.19. The molecule has 2 nitrogen and oxygen atoms in total. The molecule has 2 rings (SSSR count). The van der Waals surface area contributed by atoms with Crippen LogP contribution in [0.15, 0.2) is 34.5 Å². The van der Waals surface area contributed by atoms with Crippen molar-refractivity contribution in [3.05, 3.63) is 51.7 Å². The highest BCUT2D eigenvalue weighted by Crippen LogP contribution is 2.29. The van der Waals surface area contributed by atoms with Crippen LogP contribution in [-0.2, 0) is 5.75 Å². The van der Waals surface area contributed by atoms with Gasteiger partial charge in [-0.15, -0.1) is 23.1 Å². The third-order valence-electron chi connectivity index (χ3n) is 2.22. The summed E-state index contributed by atoms with van der Waals surface area (Å²) in [6.07, 6.45) is 0. The van der Waals surface area contributed by atoms with Gasteiger partial charge in [0.25, 0.3) is 0 Å². The van der Waals surface area contributed by atoms with E-state index in [9.17, 15) is 13.6 Å². The molecule has 0 fully saturated rings. The maximum Gasteiger partial charge on any atom is 0.346 e. The zero-order valence-corrected chi connectivity index (χ0v) is 10.7. The molecule has 1 N–H and O–H groups in total. The van der Waals surface area contributed by atoms with Gasteiger partial charge in [0.2, 0.25) is 0 Å². The average Bonchev–Trinajstić information content (AvgIpc) is 2.79.